The molecule has 0 aromatic heterocycles. The van der Waals surface area contributed by atoms with E-state index < -0.39 is 5.60 Å². The molecular weight excluding hydrogens is 447 g/mol. The Morgan fingerprint density at radius 3 is 1.56 bits per heavy atom. The second kappa shape index (κ2) is 7.74. The van der Waals surface area contributed by atoms with Crippen LogP contribution in [0.4, 0.5) is 0 Å². The van der Waals surface area contributed by atoms with Gasteiger partial charge < -0.3 is 9.47 Å². The monoisotopic (exact) mass is 470 g/mol. The van der Waals surface area contributed by atoms with Gasteiger partial charge in [0.15, 0.2) is 0 Å². The van der Waals surface area contributed by atoms with Gasteiger partial charge in [-0.3, -0.25) is 0 Å². The van der Waals surface area contributed by atoms with Crippen LogP contribution in [0.15, 0.2) is 91.0 Å². The van der Waals surface area contributed by atoms with Crippen LogP contribution in [-0.4, -0.2) is 22.7 Å². The van der Waals surface area contributed by atoms with Gasteiger partial charge in [-0.2, -0.15) is 0 Å². The zero-order chi connectivity index (χ0) is 18.7. The van der Waals surface area contributed by atoms with Gasteiger partial charge in [0.2, 0.25) is 0 Å². The van der Waals surface area contributed by atoms with Crippen LogP contribution in [-0.2, 0) is 15.1 Å². The second-order valence-electron chi connectivity index (χ2n) is 7.14. The summed E-state index contributed by atoms with van der Waals surface area (Å²) >= 11 is 2.39. The van der Waals surface area contributed by atoms with Crippen molar-refractivity contribution >= 4 is 22.6 Å². The van der Waals surface area contributed by atoms with Crippen molar-refractivity contribution < 1.29 is 9.47 Å². The van der Waals surface area contributed by atoms with E-state index in [0.29, 0.717) is 6.61 Å². The van der Waals surface area contributed by atoms with Gasteiger partial charge in [0, 0.05) is 4.43 Å². The van der Waals surface area contributed by atoms with Gasteiger partial charge in [-0.1, -0.05) is 114 Å². The highest BCUT2D eigenvalue weighted by Gasteiger charge is 2.52. The molecular formula is C24H23IO2. The number of hydrogen-bond acceptors (Lipinski definition) is 2. The van der Waals surface area contributed by atoms with Crippen molar-refractivity contribution in [3.63, 3.8) is 0 Å². The Kier molecular flexibility index (Phi) is 5.35. The Bertz CT molecular complexity index is 770. The fourth-order valence-corrected chi connectivity index (χ4v) is 4.26. The average Bonchev–Trinajstić information content (AvgIpc) is 3.41. The standard InChI is InChI=1S/C24H23IO2/c1-23(18-25)22(27-23)17-26-24(19-11-5-2-6-12-19,20-13-7-3-8-14-20)21-15-9-4-10-16-21/h2-16,22H,17-18H2,1H3/t22-,23-/m0/s1. The highest BCUT2D eigenvalue weighted by Crippen LogP contribution is 2.44. The minimum atomic E-state index is -0.665. The van der Waals surface area contributed by atoms with Crippen molar-refractivity contribution in [3.05, 3.63) is 108 Å². The van der Waals surface area contributed by atoms with Crippen LogP contribution < -0.4 is 0 Å². The Labute approximate surface area is 174 Å². The van der Waals surface area contributed by atoms with Gasteiger partial charge in [0.1, 0.15) is 17.3 Å². The molecule has 0 aliphatic carbocycles. The molecule has 3 heteroatoms. The molecule has 2 atom stereocenters. The van der Waals surface area contributed by atoms with Crippen LogP contribution in [0.25, 0.3) is 0 Å². The Hall–Kier alpha value is -1.69. The third kappa shape index (κ3) is 3.56. The van der Waals surface area contributed by atoms with Crippen LogP contribution in [0.1, 0.15) is 23.6 Å². The van der Waals surface area contributed by atoms with Crippen molar-refractivity contribution in [1.29, 1.82) is 0 Å². The molecule has 3 aromatic rings. The summed E-state index contributed by atoms with van der Waals surface area (Å²) < 4.78 is 13.7. The largest absolute Gasteiger partial charge is 0.363 e. The molecule has 0 radical (unpaired) electrons. The van der Waals surface area contributed by atoms with E-state index in [-0.39, 0.29) is 11.7 Å². The van der Waals surface area contributed by atoms with E-state index >= 15 is 0 Å². The number of ether oxygens (including phenoxy) is 2. The fourth-order valence-electron chi connectivity index (χ4n) is 3.59. The Balaban J connectivity index is 1.82. The van der Waals surface area contributed by atoms with E-state index in [1.807, 2.05) is 18.2 Å². The lowest BCUT2D eigenvalue weighted by Crippen LogP contribution is -2.35. The molecule has 1 heterocycles. The van der Waals surface area contributed by atoms with Crippen LogP contribution in [0, 0.1) is 0 Å². The minimum absolute atomic E-state index is 0.0731. The maximum Gasteiger partial charge on any atom is 0.143 e. The minimum Gasteiger partial charge on any atom is -0.363 e. The van der Waals surface area contributed by atoms with E-state index in [2.05, 4.69) is 102 Å². The topological polar surface area (TPSA) is 21.8 Å². The van der Waals surface area contributed by atoms with Crippen LogP contribution in [0.2, 0.25) is 0 Å². The van der Waals surface area contributed by atoms with Gasteiger partial charge in [-0.15, -0.1) is 0 Å². The van der Waals surface area contributed by atoms with Crippen molar-refractivity contribution in [2.45, 2.75) is 24.2 Å². The normalized spacial score (nSPS) is 21.8. The van der Waals surface area contributed by atoms with Gasteiger partial charge >= 0.3 is 0 Å². The molecule has 4 rings (SSSR count). The molecule has 0 unspecified atom stereocenters. The molecule has 0 saturated carbocycles. The highest BCUT2D eigenvalue weighted by atomic mass is 127. The van der Waals surface area contributed by atoms with Crippen molar-refractivity contribution in [1.82, 2.24) is 0 Å². The predicted molar refractivity (Wildman–Crippen MR) is 117 cm³/mol. The van der Waals surface area contributed by atoms with E-state index in [9.17, 15) is 0 Å². The fraction of sp³-hybridized carbons (Fsp3) is 0.250. The van der Waals surface area contributed by atoms with Crippen LogP contribution in [0.5, 0.6) is 0 Å². The Morgan fingerprint density at radius 2 is 1.22 bits per heavy atom. The quantitative estimate of drug-likeness (QED) is 0.195. The summed E-state index contributed by atoms with van der Waals surface area (Å²) in [5.74, 6) is 0. The Morgan fingerprint density at radius 1 is 0.815 bits per heavy atom. The molecule has 0 spiro atoms. The first-order chi connectivity index (χ1) is 13.2. The molecule has 3 aromatic carbocycles. The number of rotatable bonds is 7. The average molecular weight is 470 g/mol. The first-order valence-electron chi connectivity index (χ1n) is 9.23. The number of benzene rings is 3. The van der Waals surface area contributed by atoms with E-state index in [1.54, 1.807) is 0 Å². The number of hydrogen-bond donors (Lipinski definition) is 0. The zero-order valence-electron chi connectivity index (χ0n) is 15.3. The predicted octanol–water partition coefficient (Wildman–Crippen LogP) is 5.59. The number of epoxide rings is 1. The van der Waals surface area contributed by atoms with Crippen LogP contribution in [0.3, 0.4) is 0 Å². The van der Waals surface area contributed by atoms with Crippen LogP contribution >= 0.6 is 22.6 Å². The number of halogens is 1. The number of alkyl halides is 1. The first kappa shape index (κ1) is 18.7. The lowest BCUT2D eigenvalue weighted by atomic mass is 9.80. The van der Waals surface area contributed by atoms with Gasteiger partial charge in [-0.25, -0.2) is 0 Å². The molecule has 2 nitrogen and oxygen atoms in total. The second-order valence-corrected chi connectivity index (χ2v) is 7.91. The highest BCUT2D eigenvalue weighted by molar-refractivity contribution is 14.1. The lowest BCUT2D eigenvalue weighted by Gasteiger charge is -2.36. The third-order valence-electron chi connectivity index (χ3n) is 5.29. The van der Waals surface area contributed by atoms with Crippen molar-refractivity contribution in [2.24, 2.45) is 0 Å². The van der Waals surface area contributed by atoms with E-state index in [1.165, 1.54) is 0 Å². The van der Waals surface area contributed by atoms with E-state index in [0.717, 1.165) is 21.1 Å². The maximum atomic E-state index is 6.78. The molecule has 0 N–H and O–H groups in total. The first-order valence-corrected chi connectivity index (χ1v) is 10.8. The molecule has 0 amide bonds. The van der Waals surface area contributed by atoms with Gasteiger partial charge in [-0.05, 0) is 23.6 Å². The van der Waals surface area contributed by atoms with Gasteiger partial charge in [0.05, 0.1) is 6.61 Å². The molecule has 1 fully saturated rings. The summed E-state index contributed by atoms with van der Waals surface area (Å²) in [7, 11) is 0. The van der Waals surface area contributed by atoms with E-state index in [4.69, 9.17) is 9.47 Å². The summed E-state index contributed by atoms with van der Waals surface area (Å²) in [6.45, 7) is 2.71. The van der Waals surface area contributed by atoms with Crippen molar-refractivity contribution in [3.8, 4) is 0 Å². The van der Waals surface area contributed by atoms with Crippen molar-refractivity contribution in [2.75, 3.05) is 11.0 Å². The molecule has 138 valence electrons. The summed E-state index contributed by atoms with van der Waals surface area (Å²) in [6, 6.07) is 31.4. The molecule has 27 heavy (non-hydrogen) atoms. The summed E-state index contributed by atoms with van der Waals surface area (Å²) in [4.78, 5) is 0. The zero-order valence-corrected chi connectivity index (χ0v) is 17.5. The molecule has 1 aliphatic heterocycles. The summed E-state index contributed by atoms with van der Waals surface area (Å²) in [5.41, 5.74) is 2.64. The summed E-state index contributed by atoms with van der Waals surface area (Å²) in [6.07, 6.45) is 0.130. The smallest absolute Gasteiger partial charge is 0.143 e. The van der Waals surface area contributed by atoms with Gasteiger partial charge in [0.25, 0.3) is 0 Å². The summed E-state index contributed by atoms with van der Waals surface area (Å²) in [5, 5.41) is 0. The SMILES string of the molecule is C[C@@]1(CI)O[C@H]1COC(c1ccccc1)(c1ccccc1)c1ccccc1. The lowest BCUT2D eigenvalue weighted by molar-refractivity contribution is 0.00423. The molecule has 0 bridgehead atoms. The molecule has 1 aliphatic rings. The molecule has 1 saturated heterocycles. The third-order valence-corrected chi connectivity index (χ3v) is 6.81. The maximum absolute atomic E-state index is 6.78.